The smallest absolute Gasteiger partial charge is 0.0499 e. The van der Waals surface area contributed by atoms with Crippen LogP contribution in [0.2, 0.25) is 0 Å². The summed E-state index contributed by atoms with van der Waals surface area (Å²) in [6.07, 6.45) is 2.65. The highest BCUT2D eigenvalue weighted by atomic mass is 32.1. The second-order valence-corrected chi connectivity index (χ2v) is 4.53. The van der Waals surface area contributed by atoms with Gasteiger partial charge in [0.05, 0.1) is 0 Å². The number of rotatable bonds is 3. The van der Waals surface area contributed by atoms with Gasteiger partial charge < -0.3 is 0 Å². The highest BCUT2D eigenvalue weighted by Crippen LogP contribution is 2.42. The van der Waals surface area contributed by atoms with Crippen molar-refractivity contribution in [2.75, 3.05) is 0 Å². The number of nitrogens with one attached hydrogen (secondary N) is 1. The summed E-state index contributed by atoms with van der Waals surface area (Å²) in [6.45, 7) is 2.16. The van der Waals surface area contributed by atoms with Crippen molar-refractivity contribution >= 4 is 11.3 Å². The van der Waals surface area contributed by atoms with Crippen molar-refractivity contribution in [2.45, 2.75) is 25.8 Å². The first-order valence-corrected chi connectivity index (χ1v) is 5.21. The van der Waals surface area contributed by atoms with Crippen molar-refractivity contribution in [2.24, 2.45) is 11.8 Å². The van der Waals surface area contributed by atoms with Crippen LogP contribution in [0.15, 0.2) is 11.4 Å². The van der Waals surface area contributed by atoms with Crippen molar-refractivity contribution < 1.29 is 0 Å². The molecule has 1 atom stereocenters. The van der Waals surface area contributed by atoms with Gasteiger partial charge in [-0.05, 0) is 42.7 Å². The Morgan fingerprint density at radius 2 is 2.42 bits per heavy atom. The molecule has 0 aromatic carbocycles. The van der Waals surface area contributed by atoms with E-state index < -0.39 is 0 Å². The average Bonchev–Trinajstić information content (AvgIpc) is 2.80. The zero-order valence-corrected chi connectivity index (χ0v) is 8.03. The van der Waals surface area contributed by atoms with Gasteiger partial charge in [0.15, 0.2) is 0 Å². The highest BCUT2D eigenvalue weighted by molar-refractivity contribution is 7.10. The summed E-state index contributed by atoms with van der Waals surface area (Å²) in [7, 11) is 0. The molecule has 1 aromatic rings. The van der Waals surface area contributed by atoms with Gasteiger partial charge in [0.25, 0.3) is 0 Å². The Morgan fingerprint density at radius 3 is 2.83 bits per heavy atom. The van der Waals surface area contributed by atoms with E-state index in [9.17, 15) is 0 Å². The Balaban J connectivity index is 2.20. The lowest BCUT2D eigenvalue weighted by Gasteiger charge is -2.14. The van der Waals surface area contributed by atoms with E-state index in [-0.39, 0.29) is 0 Å². The van der Waals surface area contributed by atoms with Gasteiger partial charge in [-0.25, -0.2) is 0 Å². The number of hydrogen-bond donors (Lipinski definition) is 2. The van der Waals surface area contributed by atoms with Crippen LogP contribution in [-0.4, -0.2) is 0 Å². The molecule has 12 heavy (non-hydrogen) atoms. The largest absolute Gasteiger partial charge is 0.271 e. The molecule has 66 valence electrons. The van der Waals surface area contributed by atoms with Crippen LogP contribution in [0.3, 0.4) is 0 Å². The quantitative estimate of drug-likeness (QED) is 0.554. The molecule has 0 spiro atoms. The number of hydrazine groups is 1. The molecule has 2 rings (SSSR count). The highest BCUT2D eigenvalue weighted by Gasteiger charge is 2.32. The van der Waals surface area contributed by atoms with E-state index in [4.69, 9.17) is 5.84 Å². The third-order valence-electron chi connectivity index (χ3n) is 2.51. The molecular formula is C9H14N2S. The minimum Gasteiger partial charge on any atom is -0.271 e. The van der Waals surface area contributed by atoms with Crippen LogP contribution < -0.4 is 11.3 Å². The first kappa shape index (κ1) is 8.23. The van der Waals surface area contributed by atoms with Gasteiger partial charge in [0.2, 0.25) is 0 Å². The Kier molecular flexibility index (Phi) is 2.17. The molecule has 1 heterocycles. The maximum atomic E-state index is 5.53. The molecule has 1 fully saturated rings. The van der Waals surface area contributed by atoms with E-state index >= 15 is 0 Å². The van der Waals surface area contributed by atoms with Crippen molar-refractivity contribution in [1.29, 1.82) is 0 Å². The van der Waals surface area contributed by atoms with Crippen molar-refractivity contribution in [3.05, 3.63) is 21.9 Å². The summed E-state index contributed by atoms with van der Waals surface area (Å²) in [5, 5.41) is 2.14. The molecule has 0 amide bonds. The van der Waals surface area contributed by atoms with E-state index in [1.54, 1.807) is 11.3 Å². The van der Waals surface area contributed by atoms with Crippen molar-refractivity contribution in [1.82, 2.24) is 5.43 Å². The fourth-order valence-corrected chi connectivity index (χ4v) is 2.38. The number of thiophene rings is 1. The predicted molar refractivity (Wildman–Crippen MR) is 51.8 cm³/mol. The van der Waals surface area contributed by atoms with Gasteiger partial charge in [0, 0.05) is 10.9 Å². The molecule has 0 saturated heterocycles. The second-order valence-electron chi connectivity index (χ2n) is 3.41. The van der Waals surface area contributed by atoms with E-state index in [0.29, 0.717) is 6.04 Å². The molecule has 3 N–H and O–H groups in total. The molecule has 0 bridgehead atoms. The minimum absolute atomic E-state index is 0.399. The number of nitrogens with two attached hydrogens (primary N) is 1. The molecule has 0 radical (unpaired) electrons. The predicted octanol–water partition coefficient (Wildman–Crippen LogP) is 1.97. The molecule has 1 unspecified atom stereocenters. The van der Waals surface area contributed by atoms with Gasteiger partial charge in [-0.1, -0.05) is 0 Å². The van der Waals surface area contributed by atoms with Crippen LogP contribution in [-0.2, 0) is 0 Å². The summed E-state index contributed by atoms with van der Waals surface area (Å²) < 4.78 is 0. The molecule has 1 aromatic heterocycles. The molecule has 3 heteroatoms. The van der Waals surface area contributed by atoms with Crippen LogP contribution in [0.4, 0.5) is 0 Å². The first-order valence-electron chi connectivity index (χ1n) is 4.33. The van der Waals surface area contributed by atoms with Crippen molar-refractivity contribution in [3.8, 4) is 0 Å². The number of aryl methyl sites for hydroxylation is 1. The van der Waals surface area contributed by atoms with Crippen LogP contribution in [0.5, 0.6) is 0 Å². The monoisotopic (exact) mass is 182 g/mol. The topological polar surface area (TPSA) is 38.0 Å². The van der Waals surface area contributed by atoms with Crippen LogP contribution >= 0.6 is 11.3 Å². The zero-order chi connectivity index (χ0) is 8.55. The maximum Gasteiger partial charge on any atom is 0.0499 e. The summed E-state index contributed by atoms with van der Waals surface area (Å²) in [6, 6.07) is 2.58. The van der Waals surface area contributed by atoms with E-state index in [0.717, 1.165) is 5.92 Å². The van der Waals surface area contributed by atoms with Gasteiger partial charge in [-0.15, -0.1) is 11.3 Å². The van der Waals surface area contributed by atoms with Gasteiger partial charge >= 0.3 is 0 Å². The fraction of sp³-hybridized carbons (Fsp3) is 0.556. The third kappa shape index (κ3) is 1.40. The standard InChI is InChI=1S/C9H14N2S/c1-6-8(4-5-12-6)9(11-10)7-2-3-7/h4-5,7,9,11H,2-3,10H2,1H3. The Labute approximate surface area is 76.8 Å². The average molecular weight is 182 g/mol. The molecule has 1 aliphatic rings. The summed E-state index contributed by atoms with van der Waals surface area (Å²) in [5.41, 5.74) is 4.31. The Bertz CT molecular complexity index is 265. The summed E-state index contributed by atoms with van der Waals surface area (Å²) in [5.74, 6) is 6.31. The molecule has 1 aliphatic carbocycles. The molecular weight excluding hydrogens is 168 g/mol. The molecule has 2 nitrogen and oxygen atoms in total. The number of hydrogen-bond acceptors (Lipinski definition) is 3. The second kappa shape index (κ2) is 3.17. The van der Waals surface area contributed by atoms with Crippen molar-refractivity contribution in [3.63, 3.8) is 0 Å². The third-order valence-corrected chi connectivity index (χ3v) is 3.37. The van der Waals surface area contributed by atoms with Gasteiger partial charge in [-0.3, -0.25) is 11.3 Å². The lowest BCUT2D eigenvalue weighted by Crippen LogP contribution is -2.29. The zero-order valence-electron chi connectivity index (χ0n) is 7.21. The van der Waals surface area contributed by atoms with Gasteiger partial charge in [-0.2, -0.15) is 0 Å². The Hall–Kier alpha value is -0.380. The van der Waals surface area contributed by atoms with Crippen LogP contribution in [0, 0.1) is 12.8 Å². The molecule has 0 aliphatic heterocycles. The normalized spacial score (nSPS) is 19.5. The summed E-state index contributed by atoms with van der Waals surface area (Å²) >= 11 is 1.80. The van der Waals surface area contributed by atoms with E-state index in [1.807, 2.05) is 0 Å². The van der Waals surface area contributed by atoms with E-state index in [1.165, 1.54) is 23.3 Å². The lowest BCUT2D eigenvalue weighted by atomic mass is 10.0. The fourth-order valence-electron chi connectivity index (χ4n) is 1.63. The Morgan fingerprint density at radius 1 is 1.67 bits per heavy atom. The van der Waals surface area contributed by atoms with Crippen LogP contribution in [0.1, 0.15) is 29.3 Å². The van der Waals surface area contributed by atoms with Gasteiger partial charge in [0.1, 0.15) is 0 Å². The molecule has 1 saturated carbocycles. The van der Waals surface area contributed by atoms with E-state index in [2.05, 4.69) is 23.8 Å². The first-order chi connectivity index (χ1) is 5.83. The SMILES string of the molecule is Cc1sccc1C(NN)C1CC1. The maximum absolute atomic E-state index is 5.53. The minimum atomic E-state index is 0.399. The van der Waals surface area contributed by atoms with Crippen LogP contribution in [0.25, 0.3) is 0 Å². The summed E-state index contributed by atoms with van der Waals surface area (Å²) in [4.78, 5) is 1.39. The lowest BCUT2D eigenvalue weighted by molar-refractivity contribution is 0.496.